The molecule has 0 aliphatic carbocycles. The Hall–Kier alpha value is -3.44. The molecule has 5 N–H and O–H groups in total. The van der Waals surface area contributed by atoms with E-state index in [9.17, 15) is 19.5 Å². The summed E-state index contributed by atoms with van der Waals surface area (Å²) >= 11 is 0. The summed E-state index contributed by atoms with van der Waals surface area (Å²) in [4.78, 5) is 46.8. The van der Waals surface area contributed by atoms with Gasteiger partial charge in [-0.3, -0.25) is 9.59 Å². The lowest BCUT2D eigenvalue weighted by molar-refractivity contribution is -0.131. The first-order valence-electron chi connectivity index (χ1n) is 14.1. The van der Waals surface area contributed by atoms with Gasteiger partial charge in [0.15, 0.2) is 0 Å². The number of carbonyl (C=O) groups is 3. The minimum Gasteiger partial charge on any atom is -0.444 e. The van der Waals surface area contributed by atoms with Crippen LogP contribution < -0.4 is 16.0 Å². The lowest BCUT2D eigenvalue weighted by atomic mass is 9.98. The number of carbonyl (C=O) groups excluding carboxylic acids is 3. The molecular formula is C30H47N5O6. The number of aromatic amines is 1. The summed E-state index contributed by atoms with van der Waals surface area (Å²) in [5.74, 6) is -0.843. The highest BCUT2D eigenvalue weighted by molar-refractivity contribution is 5.91. The van der Waals surface area contributed by atoms with Gasteiger partial charge in [0.05, 0.1) is 31.2 Å². The third kappa shape index (κ3) is 13.2. The van der Waals surface area contributed by atoms with E-state index >= 15 is 0 Å². The lowest BCUT2D eigenvalue weighted by Crippen LogP contribution is -2.58. The van der Waals surface area contributed by atoms with Crippen molar-refractivity contribution in [1.29, 1.82) is 0 Å². The fourth-order valence-electron chi connectivity index (χ4n) is 4.12. The van der Waals surface area contributed by atoms with Gasteiger partial charge >= 0.3 is 6.09 Å². The summed E-state index contributed by atoms with van der Waals surface area (Å²) in [5.41, 5.74) is 0.699. The molecule has 41 heavy (non-hydrogen) atoms. The molecule has 228 valence electrons. The van der Waals surface area contributed by atoms with Crippen LogP contribution in [0.5, 0.6) is 0 Å². The number of aliphatic hydroxyl groups excluding tert-OH is 1. The average molecular weight is 574 g/mol. The van der Waals surface area contributed by atoms with E-state index in [1.165, 1.54) is 6.33 Å². The molecule has 0 unspecified atom stereocenters. The van der Waals surface area contributed by atoms with Gasteiger partial charge in [-0.15, -0.1) is 0 Å². The quantitative estimate of drug-likeness (QED) is 0.219. The number of hydrogen-bond acceptors (Lipinski definition) is 7. The predicted octanol–water partition coefficient (Wildman–Crippen LogP) is 2.89. The van der Waals surface area contributed by atoms with E-state index in [-0.39, 0.29) is 31.5 Å². The molecule has 11 heteroatoms. The molecule has 0 bridgehead atoms. The van der Waals surface area contributed by atoms with Crippen molar-refractivity contribution in [3.05, 3.63) is 54.1 Å². The number of benzene rings is 1. The third-order valence-corrected chi connectivity index (χ3v) is 6.02. The first-order valence-corrected chi connectivity index (χ1v) is 14.1. The SMILES string of the molecule is CC(C)C[C@@H](NC(=O)[C@H](Cc1cnc[nH]1)NC(=O)[C@H](Cc1ccccc1)NC(=O)OC(C)(C)C)[C@H](O)COC(C)C. The second-order valence-electron chi connectivity index (χ2n) is 11.9. The van der Waals surface area contributed by atoms with Crippen molar-refractivity contribution in [2.45, 2.75) is 104 Å². The Morgan fingerprint density at radius 2 is 1.59 bits per heavy atom. The number of imidazole rings is 1. The molecule has 2 rings (SSSR count). The van der Waals surface area contributed by atoms with Crippen molar-refractivity contribution in [2.75, 3.05) is 6.61 Å². The molecular weight excluding hydrogens is 526 g/mol. The van der Waals surface area contributed by atoms with Gasteiger partial charge in [-0.1, -0.05) is 44.2 Å². The molecule has 4 atom stereocenters. The number of aromatic nitrogens is 2. The van der Waals surface area contributed by atoms with Crippen LogP contribution in [-0.2, 0) is 31.9 Å². The van der Waals surface area contributed by atoms with Crippen molar-refractivity contribution in [1.82, 2.24) is 25.9 Å². The Morgan fingerprint density at radius 1 is 0.951 bits per heavy atom. The van der Waals surface area contributed by atoms with E-state index in [0.29, 0.717) is 12.1 Å². The van der Waals surface area contributed by atoms with Gasteiger partial charge < -0.3 is 35.5 Å². The number of amides is 3. The smallest absolute Gasteiger partial charge is 0.408 e. The molecule has 0 saturated carbocycles. The molecule has 1 aromatic heterocycles. The molecule has 0 aliphatic rings. The maximum atomic E-state index is 13.6. The zero-order valence-corrected chi connectivity index (χ0v) is 25.3. The van der Waals surface area contributed by atoms with Gasteiger partial charge in [-0.2, -0.15) is 0 Å². The molecule has 11 nitrogen and oxygen atoms in total. The van der Waals surface area contributed by atoms with Crippen LogP contribution in [0.3, 0.4) is 0 Å². The highest BCUT2D eigenvalue weighted by atomic mass is 16.6. The fraction of sp³-hybridized carbons (Fsp3) is 0.600. The van der Waals surface area contributed by atoms with Crippen LogP contribution in [0.4, 0.5) is 4.79 Å². The van der Waals surface area contributed by atoms with E-state index in [4.69, 9.17) is 9.47 Å². The fourth-order valence-corrected chi connectivity index (χ4v) is 4.12. The van der Waals surface area contributed by atoms with Crippen molar-refractivity contribution >= 4 is 17.9 Å². The zero-order valence-electron chi connectivity index (χ0n) is 25.3. The second-order valence-corrected chi connectivity index (χ2v) is 11.9. The lowest BCUT2D eigenvalue weighted by Gasteiger charge is -2.29. The average Bonchev–Trinajstić information content (AvgIpc) is 3.38. The van der Waals surface area contributed by atoms with Gasteiger partial charge in [-0.05, 0) is 52.5 Å². The Labute approximate surface area is 243 Å². The number of nitrogens with one attached hydrogen (secondary N) is 4. The van der Waals surface area contributed by atoms with Gasteiger partial charge in [-0.25, -0.2) is 9.78 Å². The maximum absolute atomic E-state index is 13.6. The van der Waals surface area contributed by atoms with E-state index in [0.717, 1.165) is 5.56 Å². The number of nitrogens with zero attached hydrogens (tertiary/aromatic N) is 1. The van der Waals surface area contributed by atoms with Crippen LogP contribution in [0, 0.1) is 5.92 Å². The van der Waals surface area contributed by atoms with Crippen LogP contribution in [0.15, 0.2) is 42.9 Å². The summed E-state index contributed by atoms with van der Waals surface area (Å²) < 4.78 is 11.0. The summed E-state index contributed by atoms with van der Waals surface area (Å²) in [6.07, 6.45) is 2.12. The minimum absolute atomic E-state index is 0.0614. The molecule has 0 aliphatic heterocycles. The third-order valence-electron chi connectivity index (χ3n) is 6.02. The number of alkyl carbamates (subject to hydrolysis) is 1. The summed E-state index contributed by atoms with van der Waals surface area (Å²) in [5, 5.41) is 19.2. The summed E-state index contributed by atoms with van der Waals surface area (Å²) in [7, 11) is 0. The number of H-pyrrole nitrogens is 1. The van der Waals surface area contributed by atoms with Crippen LogP contribution in [0.25, 0.3) is 0 Å². The molecule has 0 fully saturated rings. The molecule has 0 radical (unpaired) electrons. The molecule has 1 heterocycles. The normalized spacial score (nSPS) is 14.7. The van der Waals surface area contributed by atoms with Crippen molar-refractivity contribution in [3.63, 3.8) is 0 Å². The zero-order chi connectivity index (χ0) is 30.6. The van der Waals surface area contributed by atoms with Crippen LogP contribution in [-0.4, -0.2) is 75.5 Å². The summed E-state index contributed by atoms with van der Waals surface area (Å²) in [6, 6.07) is 6.62. The van der Waals surface area contributed by atoms with E-state index in [2.05, 4.69) is 25.9 Å². The molecule has 2 aromatic rings. The molecule has 1 aromatic carbocycles. The first kappa shape index (κ1) is 33.8. The van der Waals surface area contributed by atoms with Crippen molar-refractivity contribution < 1.29 is 29.0 Å². The van der Waals surface area contributed by atoms with Crippen molar-refractivity contribution in [3.8, 4) is 0 Å². The van der Waals surface area contributed by atoms with E-state index < -0.39 is 47.7 Å². The Morgan fingerprint density at radius 3 is 2.15 bits per heavy atom. The van der Waals surface area contributed by atoms with E-state index in [1.807, 2.05) is 58.0 Å². The van der Waals surface area contributed by atoms with Crippen LogP contribution in [0.1, 0.15) is 66.1 Å². The highest BCUT2D eigenvalue weighted by Gasteiger charge is 2.31. The van der Waals surface area contributed by atoms with E-state index in [1.54, 1.807) is 27.0 Å². The van der Waals surface area contributed by atoms with Gasteiger partial charge in [0, 0.05) is 24.7 Å². The van der Waals surface area contributed by atoms with Gasteiger partial charge in [0.2, 0.25) is 11.8 Å². The Kier molecular flexibility index (Phi) is 13.3. The standard InChI is InChI=1S/C30H47N5O6/c1-19(2)13-23(26(36)17-40-20(3)4)33-28(38)25(15-22-16-31-18-32-22)34-27(37)24(14-21-11-9-8-10-12-21)35-29(39)41-30(5,6)7/h8-12,16,18-20,23-26,36H,13-15,17H2,1-7H3,(H,31,32)(H,33,38)(H,34,37)(H,35,39)/t23-,24+,25+,26-/m1/s1. The topological polar surface area (TPSA) is 155 Å². The van der Waals surface area contributed by atoms with Crippen LogP contribution >= 0.6 is 0 Å². The number of aliphatic hydroxyl groups is 1. The van der Waals surface area contributed by atoms with Crippen molar-refractivity contribution in [2.24, 2.45) is 5.92 Å². The van der Waals surface area contributed by atoms with Gasteiger partial charge in [0.25, 0.3) is 0 Å². The molecule has 0 saturated heterocycles. The Bertz CT molecular complexity index is 1070. The Balaban J connectivity index is 2.27. The number of hydrogen-bond donors (Lipinski definition) is 5. The van der Waals surface area contributed by atoms with Gasteiger partial charge in [0.1, 0.15) is 17.7 Å². The minimum atomic E-state index is -1.02. The number of rotatable bonds is 15. The number of ether oxygens (including phenoxy) is 2. The monoisotopic (exact) mass is 573 g/mol. The van der Waals surface area contributed by atoms with Crippen LogP contribution in [0.2, 0.25) is 0 Å². The predicted molar refractivity (Wildman–Crippen MR) is 156 cm³/mol. The second kappa shape index (κ2) is 16.1. The largest absolute Gasteiger partial charge is 0.444 e. The molecule has 0 spiro atoms. The maximum Gasteiger partial charge on any atom is 0.408 e. The summed E-state index contributed by atoms with van der Waals surface area (Å²) in [6.45, 7) is 13.0. The highest BCUT2D eigenvalue weighted by Crippen LogP contribution is 2.12. The first-order chi connectivity index (χ1) is 19.2. The molecule has 3 amide bonds.